The van der Waals surface area contributed by atoms with Crippen LogP contribution in [0.25, 0.3) is 0 Å². The predicted octanol–water partition coefficient (Wildman–Crippen LogP) is 4.97. The molecule has 1 aliphatic carbocycles. The number of nitrogens with zero attached hydrogens (tertiary/aromatic N) is 1. The van der Waals surface area contributed by atoms with Crippen LogP contribution in [0.15, 0.2) is 48.5 Å². The van der Waals surface area contributed by atoms with Crippen LogP contribution in [0.1, 0.15) is 56.3 Å². The molecule has 4 N–H and O–H groups in total. The van der Waals surface area contributed by atoms with Crippen molar-refractivity contribution in [2.24, 2.45) is 5.92 Å². The Balaban J connectivity index is 1.35. The third-order valence-electron chi connectivity index (χ3n) is 6.58. The van der Waals surface area contributed by atoms with Crippen LogP contribution in [0.3, 0.4) is 0 Å². The van der Waals surface area contributed by atoms with Crippen molar-refractivity contribution in [3.63, 3.8) is 0 Å². The van der Waals surface area contributed by atoms with Crippen LogP contribution in [0.2, 0.25) is 0 Å². The molecule has 0 aromatic heterocycles. The van der Waals surface area contributed by atoms with Gasteiger partial charge in [0.1, 0.15) is 0 Å². The molecule has 1 saturated heterocycles. The molecule has 30 heavy (non-hydrogen) atoms. The van der Waals surface area contributed by atoms with E-state index in [2.05, 4.69) is 29.4 Å². The molecule has 0 radical (unpaired) electrons. The Kier molecular flexibility index (Phi) is 6.28. The number of nitrogens with one attached hydrogen (secondary N) is 2. The highest BCUT2D eigenvalue weighted by Gasteiger charge is 2.35. The Morgan fingerprint density at radius 1 is 1.10 bits per heavy atom. The van der Waals surface area contributed by atoms with Crippen molar-refractivity contribution in [1.82, 2.24) is 4.90 Å². The summed E-state index contributed by atoms with van der Waals surface area (Å²) >= 11 is 0. The largest absolute Gasteiger partial charge is 0.397 e. The normalized spacial score (nSPS) is 24.4. The van der Waals surface area contributed by atoms with Gasteiger partial charge in [0.2, 0.25) is 0 Å². The minimum atomic E-state index is -0.146. The zero-order chi connectivity index (χ0) is 21.1. The quantitative estimate of drug-likeness (QED) is 0.568. The standard InChI is InChI=1S/C25H34N4O/c1-3-22-15-21(14-17(2)29(22)16-18-8-9-18)27-20-12-10-19(11-13-20)25(30)28-24-7-5-4-6-23(24)26/h4-7,10-13,17-18,21-22,27H,3,8-9,14-16,26H2,1-2H3,(H,28,30). The summed E-state index contributed by atoms with van der Waals surface area (Å²) in [6, 6.07) is 16.8. The van der Waals surface area contributed by atoms with Crippen LogP contribution in [0.5, 0.6) is 0 Å². The maximum absolute atomic E-state index is 12.5. The molecule has 2 fully saturated rings. The second-order valence-corrected chi connectivity index (χ2v) is 8.98. The Morgan fingerprint density at radius 3 is 2.50 bits per heavy atom. The topological polar surface area (TPSA) is 70.4 Å². The molecular weight excluding hydrogens is 372 g/mol. The molecular formula is C25H34N4O. The van der Waals surface area contributed by atoms with Gasteiger partial charge in [-0.15, -0.1) is 0 Å². The van der Waals surface area contributed by atoms with E-state index in [-0.39, 0.29) is 5.91 Å². The first-order chi connectivity index (χ1) is 14.5. The van der Waals surface area contributed by atoms with Gasteiger partial charge in [-0.1, -0.05) is 19.1 Å². The Morgan fingerprint density at radius 2 is 1.83 bits per heavy atom. The fourth-order valence-corrected chi connectivity index (χ4v) is 4.67. The number of rotatable bonds is 7. The van der Waals surface area contributed by atoms with E-state index in [4.69, 9.17) is 5.73 Å². The number of likely N-dealkylation sites (tertiary alicyclic amines) is 1. The molecule has 1 aliphatic heterocycles. The second-order valence-electron chi connectivity index (χ2n) is 8.98. The lowest BCUT2D eigenvalue weighted by Gasteiger charge is -2.44. The van der Waals surface area contributed by atoms with Gasteiger partial charge in [-0.05, 0) is 81.3 Å². The summed E-state index contributed by atoms with van der Waals surface area (Å²) < 4.78 is 0. The first-order valence-electron chi connectivity index (χ1n) is 11.3. The number of nitrogen functional groups attached to an aromatic ring is 1. The molecule has 2 aliphatic rings. The first-order valence-corrected chi connectivity index (χ1v) is 11.3. The number of anilines is 3. The van der Waals surface area contributed by atoms with E-state index in [9.17, 15) is 4.79 Å². The van der Waals surface area contributed by atoms with Gasteiger partial charge in [-0.3, -0.25) is 9.69 Å². The minimum absolute atomic E-state index is 0.146. The van der Waals surface area contributed by atoms with Gasteiger partial charge in [-0.25, -0.2) is 0 Å². The van der Waals surface area contributed by atoms with Gasteiger partial charge in [0.05, 0.1) is 11.4 Å². The molecule has 1 saturated carbocycles. The Bertz CT molecular complexity index is 862. The fraction of sp³-hybridized carbons (Fsp3) is 0.480. The molecule has 0 spiro atoms. The zero-order valence-electron chi connectivity index (χ0n) is 18.1. The summed E-state index contributed by atoms with van der Waals surface area (Å²) in [4.78, 5) is 15.3. The van der Waals surface area contributed by atoms with Gasteiger partial charge in [0.15, 0.2) is 0 Å². The second kappa shape index (κ2) is 9.09. The van der Waals surface area contributed by atoms with Crippen LogP contribution < -0.4 is 16.4 Å². The molecule has 3 unspecified atom stereocenters. The number of nitrogens with two attached hydrogens (primary N) is 1. The van der Waals surface area contributed by atoms with Crippen molar-refractivity contribution in [2.75, 3.05) is 22.9 Å². The first kappa shape index (κ1) is 20.7. The van der Waals surface area contributed by atoms with E-state index in [1.54, 1.807) is 6.07 Å². The lowest BCUT2D eigenvalue weighted by molar-refractivity contribution is 0.0783. The summed E-state index contributed by atoms with van der Waals surface area (Å²) in [6.07, 6.45) is 6.38. The molecule has 4 rings (SSSR count). The number of piperidine rings is 1. The van der Waals surface area contributed by atoms with E-state index < -0.39 is 0 Å². The number of para-hydroxylation sites is 2. The van der Waals surface area contributed by atoms with E-state index >= 15 is 0 Å². The number of carbonyl (C=O) groups excluding carboxylic acids is 1. The fourth-order valence-electron chi connectivity index (χ4n) is 4.67. The molecule has 1 amide bonds. The van der Waals surface area contributed by atoms with Crippen LogP contribution in [0.4, 0.5) is 17.1 Å². The van der Waals surface area contributed by atoms with Gasteiger partial charge < -0.3 is 16.4 Å². The SMILES string of the molecule is CCC1CC(Nc2ccc(C(=O)Nc3ccccc3N)cc2)CC(C)N1CC1CC1. The van der Waals surface area contributed by atoms with Crippen molar-refractivity contribution in [1.29, 1.82) is 0 Å². The highest BCUT2D eigenvalue weighted by Crippen LogP contribution is 2.35. The third-order valence-corrected chi connectivity index (χ3v) is 6.58. The van der Waals surface area contributed by atoms with Gasteiger partial charge in [-0.2, -0.15) is 0 Å². The van der Waals surface area contributed by atoms with Crippen LogP contribution in [-0.4, -0.2) is 35.5 Å². The molecule has 160 valence electrons. The summed E-state index contributed by atoms with van der Waals surface area (Å²) in [6.45, 7) is 5.97. The average molecular weight is 407 g/mol. The molecule has 0 bridgehead atoms. The van der Waals surface area contributed by atoms with Gasteiger partial charge in [0, 0.05) is 35.9 Å². The summed E-state index contributed by atoms with van der Waals surface area (Å²) in [5, 5.41) is 6.59. The molecule has 5 heteroatoms. The zero-order valence-corrected chi connectivity index (χ0v) is 18.1. The predicted molar refractivity (Wildman–Crippen MR) is 125 cm³/mol. The highest BCUT2D eigenvalue weighted by molar-refractivity contribution is 6.05. The van der Waals surface area contributed by atoms with Crippen molar-refractivity contribution in [2.45, 2.75) is 64.1 Å². The molecule has 1 heterocycles. The summed E-state index contributed by atoms with van der Waals surface area (Å²) in [5.41, 5.74) is 8.83. The Labute approximate surface area is 180 Å². The van der Waals surface area contributed by atoms with Crippen molar-refractivity contribution >= 4 is 23.0 Å². The van der Waals surface area contributed by atoms with E-state index in [1.165, 1.54) is 38.6 Å². The molecule has 2 aromatic rings. The van der Waals surface area contributed by atoms with E-state index in [1.807, 2.05) is 42.5 Å². The van der Waals surface area contributed by atoms with Crippen LogP contribution in [0, 0.1) is 5.92 Å². The number of amides is 1. The molecule has 5 nitrogen and oxygen atoms in total. The monoisotopic (exact) mass is 406 g/mol. The molecule has 3 atom stereocenters. The lowest BCUT2D eigenvalue weighted by atomic mass is 9.90. The minimum Gasteiger partial charge on any atom is -0.397 e. The summed E-state index contributed by atoms with van der Waals surface area (Å²) in [5.74, 6) is 0.795. The number of carbonyl (C=O) groups is 1. The molecule has 2 aromatic carbocycles. The van der Waals surface area contributed by atoms with Crippen molar-refractivity contribution in [3.05, 3.63) is 54.1 Å². The van der Waals surface area contributed by atoms with Crippen molar-refractivity contribution in [3.8, 4) is 0 Å². The van der Waals surface area contributed by atoms with Crippen molar-refractivity contribution < 1.29 is 4.79 Å². The van der Waals surface area contributed by atoms with Gasteiger partial charge >= 0.3 is 0 Å². The van der Waals surface area contributed by atoms with Gasteiger partial charge in [0.25, 0.3) is 5.91 Å². The smallest absolute Gasteiger partial charge is 0.255 e. The summed E-state index contributed by atoms with van der Waals surface area (Å²) in [7, 11) is 0. The maximum Gasteiger partial charge on any atom is 0.255 e. The van der Waals surface area contributed by atoms with E-state index in [0.29, 0.717) is 35.1 Å². The van der Waals surface area contributed by atoms with Crippen LogP contribution >= 0.6 is 0 Å². The highest BCUT2D eigenvalue weighted by atomic mass is 16.1. The Hall–Kier alpha value is -2.53. The van der Waals surface area contributed by atoms with Crippen LogP contribution in [-0.2, 0) is 0 Å². The maximum atomic E-state index is 12.5. The lowest BCUT2D eigenvalue weighted by Crippen LogP contribution is -2.51. The van der Waals surface area contributed by atoms with E-state index in [0.717, 1.165) is 11.6 Å². The average Bonchev–Trinajstić information content (AvgIpc) is 3.56. The number of hydrogen-bond donors (Lipinski definition) is 3. The third kappa shape index (κ3) is 4.96. The number of benzene rings is 2. The number of hydrogen-bond acceptors (Lipinski definition) is 4.